The van der Waals surface area contributed by atoms with E-state index in [0.717, 1.165) is 27.6 Å². The Kier molecular flexibility index (Phi) is 3.54. The number of alkyl halides is 1. The van der Waals surface area contributed by atoms with Crippen LogP contribution in [0, 0.1) is 0 Å². The number of hydrogen-bond donors (Lipinski definition) is 1. The second-order valence-electron chi connectivity index (χ2n) is 4.66. The van der Waals surface area contributed by atoms with Gasteiger partial charge in [-0.05, 0) is 43.9 Å². The van der Waals surface area contributed by atoms with Crippen molar-refractivity contribution < 1.29 is 4.39 Å². The highest BCUT2D eigenvalue weighted by molar-refractivity contribution is 7.99. The zero-order chi connectivity index (χ0) is 12.5. The molecule has 1 aliphatic carbocycles. The lowest BCUT2D eigenvalue weighted by molar-refractivity contribution is 0.205. The van der Waals surface area contributed by atoms with E-state index in [1.165, 1.54) is 0 Å². The molecule has 0 aromatic heterocycles. The Labute approximate surface area is 106 Å². The number of fused-ring (bicyclic) bond motifs is 1. The van der Waals surface area contributed by atoms with Crippen LogP contribution in [0.3, 0.4) is 0 Å². The van der Waals surface area contributed by atoms with Gasteiger partial charge in [-0.2, -0.15) is 0 Å². The molecule has 0 fully saturated rings. The zero-order valence-electron chi connectivity index (χ0n) is 10.2. The SMILES string of the molecule is C=Nc1cc2c(cc1SCNC)CC(C)(F)C2. The molecule has 0 saturated carbocycles. The first-order valence-electron chi connectivity index (χ1n) is 5.64. The molecule has 2 nitrogen and oxygen atoms in total. The maximum absolute atomic E-state index is 14.0. The molecule has 0 amide bonds. The predicted octanol–water partition coefficient (Wildman–Crippen LogP) is 3.11. The topological polar surface area (TPSA) is 24.4 Å². The summed E-state index contributed by atoms with van der Waals surface area (Å²) in [4.78, 5) is 5.10. The Morgan fingerprint density at radius 2 is 2.12 bits per heavy atom. The van der Waals surface area contributed by atoms with Gasteiger partial charge >= 0.3 is 0 Å². The summed E-state index contributed by atoms with van der Waals surface area (Å²) in [6, 6.07) is 4.04. The first-order chi connectivity index (χ1) is 8.05. The van der Waals surface area contributed by atoms with Crippen molar-refractivity contribution in [1.29, 1.82) is 0 Å². The molecule has 1 N–H and O–H groups in total. The van der Waals surface area contributed by atoms with E-state index in [1.807, 2.05) is 13.1 Å². The molecule has 2 rings (SSSR count). The molecule has 0 heterocycles. The van der Waals surface area contributed by atoms with Gasteiger partial charge in [0.2, 0.25) is 0 Å². The van der Waals surface area contributed by atoms with Crippen LogP contribution in [0.2, 0.25) is 0 Å². The third-order valence-corrected chi connectivity index (χ3v) is 4.01. The number of thioether (sulfide) groups is 1. The summed E-state index contributed by atoms with van der Waals surface area (Å²) in [7, 11) is 1.90. The minimum atomic E-state index is -1.10. The fourth-order valence-corrected chi connectivity index (χ4v) is 3.03. The normalized spacial score (nSPS) is 22.5. The summed E-state index contributed by atoms with van der Waals surface area (Å²) in [5.41, 5.74) is 1.95. The Hall–Kier alpha value is -0.870. The largest absolute Gasteiger partial charge is 0.311 e. The van der Waals surface area contributed by atoms with Gasteiger partial charge in [-0.25, -0.2) is 4.39 Å². The lowest BCUT2D eigenvalue weighted by Crippen LogP contribution is -2.16. The van der Waals surface area contributed by atoms with Gasteiger partial charge < -0.3 is 5.32 Å². The Balaban J connectivity index is 2.33. The number of nitrogens with zero attached hydrogens (tertiary/aromatic N) is 1. The third kappa shape index (κ3) is 2.69. The number of benzene rings is 1. The molecule has 0 aliphatic heterocycles. The lowest BCUT2D eigenvalue weighted by atomic mass is 10.1. The van der Waals surface area contributed by atoms with E-state index >= 15 is 0 Å². The van der Waals surface area contributed by atoms with Crippen molar-refractivity contribution in [1.82, 2.24) is 5.32 Å². The van der Waals surface area contributed by atoms with E-state index in [1.54, 1.807) is 18.7 Å². The first-order valence-corrected chi connectivity index (χ1v) is 6.63. The van der Waals surface area contributed by atoms with Crippen molar-refractivity contribution >= 4 is 24.2 Å². The summed E-state index contributed by atoms with van der Waals surface area (Å²) in [5.74, 6) is 0.814. The van der Waals surface area contributed by atoms with Crippen molar-refractivity contribution in [2.75, 3.05) is 12.9 Å². The van der Waals surface area contributed by atoms with Crippen LogP contribution in [-0.2, 0) is 12.8 Å². The minimum Gasteiger partial charge on any atom is -0.311 e. The second kappa shape index (κ2) is 4.78. The number of aliphatic imine (C=N–C) groups is 1. The van der Waals surface area contributed by atoms with Gasteiger partial charge in [0.05, 0.1) is 5.69 Å². The average Bonchev–Trinajstić information content (AvgIpc) is 2.57. The molecule has 17 heavy (non-hydrogen) atoms. The maximum Gasteiger partial charge on any atom is 0.116 e. The molecule has 1 aliphatic rings. The van der Waals surface area contributed by atoms with Gasteiger partial charge in [0.1, 0.15) is 5.67 Å². The number of halogens is 1. The second-order valence-corrected chi connectivity index (χ2v) is 5.67. The highest BCUT2D eigenvalue weighted by atomic mass is 32.2. The molecule has 0 radical (unpaired) electrons. The van der Waals surface area contributed by atoms with Crippen molar-refractivity contribution in [3.63, 3.8) is 0 Å². The molecule has 0 spiro atoms. The number of hydrogen-bond acceptors (Lipinski definition) is 3. The van der Waals surface area contributed by atoms with Crippen LogP contribution in [0.15, 0.2) is 22.0 Å². The molecule has 1 aromatic rings. The van der Waals surface area contributed by atoms with Crippen LogP contribution < -0.4 is 5.32 Å². The Morgan fingerprint density at radius 3 is 2.71 bits per heavy atom. The number of rotatable bonds is 4. The predicted molar refractivity (Wildman–Crippen MR) is 72.4 cm³/mol. The Bertz CT molecular complexity index is 443. The number of nitrogens with one attached hydrogen (secondary N) is 1. The van der Waals surface area contributed by atoms with Crippen molar-refractivity contribution in [3.8, 4) is 0 Å². The zero-order valence-corrected chi connectivity index (χ0v) is 11.0. The average molecular weight is 252 g/mol. The van der Waals surface area contributed by atoms with Gasteiger partial charge in [0.15, 0.2) is 0 Å². The summed E-state index contributed by atoms with van der Waals surface area (Å²) in [5, 5.41) is 3.08. The van der Waals surface area contributed by atoms with Crippen LogP contribution in [0.5, 0.6) is 0 Å². The summed E-state index contributed by atoms with van der Waals surface area (Å²) < 4.78 is 14.0. The summed E-state index contributed by atoms with van der Waals surface area (Å²) in [6.45, 7) is 5.25. The van der Waals surface area contributed by atoms with E-state index in [9.17, 15) is 4.39 Å². The van der Waals surface area contributed by atoms with Crippen molar-refractivity contribution in [2.45, 2.75) is 30.3 Å². The van der Waals surface area contributed by atoms with Gasteiger partial charge in [-0.1, -0.05) is 0 Å². The lowest BCUT2D eigenvalue weighted by Gasteiger charge is -2.09. The van der Waals surface area contributed by atoms with Gasteiger partial charge in [0.25, 0.3) is 0 Å². The fourth-order valence-electron chi connectivity index (χ4n) is 2.23. The first kappa shape index (κ1) is 12.6. The molecular formula is C13H17FN2S. The van der Waals surface area contributed by atoms with Crippen LogP contribution in [-0.4, -0.2) is 25.3 Å². The quantitative estimate of drug-likeness (QED) is 0.506. The third-order valence-electron chi connectivity index (χ3n) is 2.94. The molecule has 0 bridgehead atoms. The molecule has 4 heteroatoms. The van der Waals surface area contributed by atoms with Crippen LogP contribution in [0.25, 0.3) is 0 Å². The van der Waals surface area contributed by atoms with Crippen LogP contribution >= 0.6 is 11.8 Å². The minimum absolute atomic E-state index is 0.488. The Morgan fingerprint density at radius 1 is 1.47 bits per heavy atom. The molecule has 1 atom stereocenters. The van der Waals surface area contributed by atoms with Crippen LogP contribution in [0.1, 0.15) is 18.1 Å². The standard InChI is InChI=1S/C13H17FN2S/c1-13(14)6-9-4-11(16-3)12(17-8-15-2)5-10(9)7-13/h4-5,15H,3,6-8H2,1-2H3. The van der Waals surface area contributed by atoms with Crippen molar-refractivity contribution in [2.24, 2.45) is 4.99 Å². The molecular weight excluding hydrogens is 235 g/mol. The maximum atomic E-state index is 14.0. The highest BCUT2D eigenvalue weighted by Crippen LogP contribution is 2.39. The van der Waals surface area contributed by atoms with Gasteiger partial charge in [-0.15, -0.1) is 11.8 Å². The molecule has 1 aromatic carbocycles. The summed E-state index contributed by atoms with van der Waals surface area (Å²) in [6.07, 6.45) is 0.995. The smallest absolute Gasteiger partial charge is 0.116 e. The van der Waals surface area contributed by atoms with Crippen molar-refractivity contribution in [3.05, 3.63) is 23.3 Å². The van der Waals surface area contributed by atoms with E-state index in [4.69, 9.17) is 0 Å². The van der Waals surface area contributed by atoms with Gasteiger partial charge in [0, 0.05) is 23.6 Å². The molecule has 1 unspecified atom stereocenters. The monoisotopic (exact) mass is 252 g/mol. The fraction of sp³-hybridized carbons (Fsp3) is 0.462. The highest BCUT2D eigenvalue weighted by Gasteiger charge is 2.33. The van der Waals surface area contributed by atoms with Gasteiger partial charge in [-0.3, -0.25) is 4.99 Å². The molecule has 0 saturated heterocycles. The molecule has 92 valence electrons. The summed E-state index contributed by atoms with van der Waals surface area (Å²) >= 11 is 1.67. The van der Waals surface area contributed by atoms with Crippen LogP contribution in [0.4, 0.5) is 10.1 Å². The van der Waals surface area contributed by atoms with E-state index in [2.05, 4.69) is 23.1 Å². The van der Waals surface area contributed by atoms with E-state index in [0.29, 0.717) is 12.8 Å². The van der Waals surface area contributed by atoms with E-state index in [-0.39, 0.29) is 0 Å². The van der Waals surface area contributed by atoms with E-state index < -0.39 is 5.67 Å².